The molecule has 1 aliphatic rings. The molecule has 0 bridgehead atoms. The fourth-order valence-corrected chi connectivity index (χ4v) is 12.6. The average Bonchev–Trinajstić information content (AvgIpc) is 3.62. The lowest BCUT2D eigenvalue weighted by Gasteiger charge is -2.44. The van der Waals surface area contributed by atoms with Crippen molar-refractivity contribution in [2.45, 2.75) is 75.3 Å². The Hall–Kier alpha value is -5.47. The van der Waals surface area contributed by atoms with Crippen molar-refractivity contribution in [3.63, 3.8) is 0 Å². The number of nitrogens with zero attached hydrogens (tertiary/aromatic N) is 4. The monoisotopic (exact) mass is 783 g/mol. The van der Waals surface area contributed by atoms with Gasteiger partial charge in [0, 0.05) is 26.5 Å². The summed E-state index contributed by atoms with van der Waals surface area (Å²) in [5.41, 5.74) is -0.296. The summed E-state index contributed by atoms with van der Waals surface area (Å²) >= 11 is 0. The van der Waals surface area contributed by atoms with Gasteiger partial charge in [0.1, 0.15) is 23.1 Å². The van der Waals surface area contributed by atoms with E-state index in [9.17, 15) is 28.3 Å². The van der Waals surface area contributed by atoms with Crippen molar-refractivity contribution < 1.29 is 37.4 Å². The van der Waals surface area contributed by atoms with Gasteiger partial charge >= 0.3 is 6.09 Å². The maximum absolute atomic E-state index is 14.9. The number of fused-ring (bicyclic) bond motifs is 1. The second-order valence-electron chi connectivity index (χ2n) is 15.3. The molecule has 0 spiro atoms. The highest BCUT2D eigenvalue weighted by Gasteiger charge is 2.52. The Bertz CT molecular complexity index is 2130. The number of halogens is 2. The molecule has 294 valence electrons. The van der Waals surface area contributed by atoms with Crippen LogP contribution in [0.15, 0.2) is 103 Å². The number of hydrogen-bond donors (Lipinski definition) is 2. The molecule has 0 saturated heterocycles. The number of hydrogen-bond acceptors (Lipinski definition) is 7. The zero-order valence-electron chi connectivity index (χ0n) is 32.2. The molecule has 1 saturated carbocycles. The summed E-state index contributed by atoms with van der Waals surface area (Å²) < 4.78 is 42.7. The van der Waals surface area contributed by atoms with Crippen LogP contribution in [-0.2, 0) is 19.4 Å². The lowest BCUT2D eigenvalue weighted by molar-refractivity contribution is -0.147. The van der Waals surface area contributed by atoms with Crippen LogP contribution in [0.2, 0.25) is 5.04 Å². The second kappa shape index (κ2) is 15.9. The minimum atomic E-state index is -3.05. The van der Waals surface area contributed by atoms with E-state index < -0.39 is 56.4 Å². The number of alkyl halides is 2. The molecule has 0 aliphatic heterocycles. The molecule has 11 nitrogen and oxygen atoms in total. The molecular formula is C42H47F2N5O6Si. The topological polar surface area (TPSA) is 136 Å². The van der Waals surface area contributed by atoms with Gasteiger partial charge < -0.3 is 24.5 Å². The highest BCUT2D eigenvalue weighted by Crippen LogP contribution is 2.47. The minimum absolute atomic E-state index is 0.0621. The zero-order chi connectivity index (χ0) is 40.3. The summed E-state index contributed by atoms with van der Waals surface area (Å²) in [5.74, 6) is -3.28. The van der Waals surface area contributed by atoms with Crippen molar-refractivity contribution >= 4 is 53.4 Å². The molecule has 1 fully saturated rings. The van der Waals surface area contributed by atoms with Gasteiger partial charge in [0.2, 0.25) is 17.7 Å². The third-order valence-electron chi connectivity index (χ3n) is 11.0. The Kier molecular flexibility index (Phi) is 11.4. The molecule has 56 heavy (non-hydrogen) atoms. The Labute approximate surface area is 325 Å². The van der Waals surface area contributed by atoms with Gasteiger partial charge in [0.05, 0.1) is 24.2 Å². The minimum Gasteiger partial charge on any atom is -0.497 e. The van der Waals surface area contributed by atoms with E-state index in [4.69, 9.17) is 9.16 Å². The van der Waals surface area contributed by atoms with Crippen molar-refractivity contribution in [3.8, 4) is 5.75 Å². The number of ether oxygens (including phenoxy) is 1. The van der Waals surface area contributed by atoms with Gasteiger partial charge in [-0.3, -0.25) is 9.59 Å². The normalized spacial score (nSPS) is 15.8. The van der Waals surface area contributed by atoms with Gasteiger partial charge in [-0.25, -0.2) is 18.6 Å². The molecule has 0 radical (unpaired) electrons. The highest BCUT2D eigenvalue weighted by molar-refractivity contribution is 6.99. The second-order valence-corrected chi connectivity index (χ2v) is 19.6. The first kappa shape index (κ1) is 40.2. The number of rotatable bonds is 12. The SMILES string of the molecule is COc1ccc(C2(C(=O)N(C)C(CCO[Si](c3ccccc3)(c3ccccc3)C(C)(C)C)C(=O)Nc3ccc4c(cnn4C(=O)O)n3)CCC(F)(F)CC2)cc1. The average molecular weight is 784 g/mol. The number of likely N-dealkylation sites (N-methyl/N-ethyl adjacent to an activating group) is 1. The van der Waals surface area contributed by atoms with Gasteiger partial charge in [-0.15, -0.1) is 0 Å². The predicted molar refractivity (Wildman–Crippen MR) is 212 cm³/mol. The third-order valence-corrected chi connectivity index (χ3v) is 16.0. The summed E-state index contributed by atoms with van der Waals surface area (Å²) in [7, 11) is 0.000979. The summed E-state index contributed by atoms with van der Waals surface area (Å²) in [6, 6.07) is 28.8. The number of carbonyl (C=O) groups excluding carboxylic acids is 2. The highest BCUT2D eigenvalue weighted by atomic mass is 28.4. The number of nitrogens with one attached hydrogen (secondary N) is 1. The van der Waals surface area contributed by atoms with Gasteiger partial charge in [0.15, 0.2) is 0 Å². The van der Waals surface area contributed by atoms with E-state index in [1.807, 2.05) is 36.4 Å². The molecule has 2 N–H and O–H groups in total. The number of benzene rings is 3. The van der Waals surface area contributed by atoms with Crippen LogP contribution < -0.4 is 20.4 Å². The molecule has 6 rings (SSSR count). The van der Waals surface area contributed by atoms with E-state index in [-0.39, 0.29) is 47.8 Å². The standard InChI is InChI=1S/C42H47F2N5O6Si/c1-40(2,3)56(31-12-8-6-9-13-31,32-14-10-7-11-15-32)55-27-22-35(37(50)47-36-21-20-34-33(46-36)28-45-49(34)39(52)53)48(4)38(51)41(23-25-42(43,44)26-24-41)29-16-18-30(54-5)19-17-29/h6-21,28,35H,22-27H2,1-5H3,(H,52,53)(H,46,47,50). The van der Waals surface area contributed by atoms with Gasteiger partial charge in [-0.05, 0) is 64.5 Å². The predicted octanol–water partition coefficient (Wildman–Crippen LogP) is 6.85. The Morgan fingerprint density at radius 1 is 0.911 bits per heavy atom. The molecule has 2 heterocycles. The first-order valence-corrected chi connectivity index (χ1v) is 20.5. The smallest absolute Gasteiger partial charge is 0.432 e. The fraction of sp³-hybridized carbons (Fsp3) is 0.357. The maximum atomic E-state index is 14.9. The summed E-state index contributed by atoms with van der Waals surface area (Å²) in [5, 5.41) is 17.9. The molecule has 1 aliphatic carbocycles. The van der Waals surface area contributed by atoms with Crippen molar-refractivity contribution in [2.75, 3.05) is 26.1 Å². The first-order valence-electron chi connectivity index (χ1n) is 18.6. The van der Waals surface area contributed by atoms with E-state index in [1.54, 1.807) is 24.3 Å². The van der Waals surface area contributed by atoms with Gasteiger partial charge in [-0.2, -0.15) is 9.78 Å². The summed E-state index contributed by atoms with van der Waals surface area (Å²) in [4.78, 5) is 46.8. The van der Waals surface area contributed by atoms with Crippen LogP contribution in [0.3, 0.4) is 0 Å². The van der Waals surface area contributed by atoms with Crippen LogP contribution in [-0.4, -0.2) is 83.7 Å². The first-order chi connectivity index (χ1) is 26.6. The lowest BCUT2D eigenvalue weighted by Crippen LogP contribution is -2.66. The molecule has 2 amide bonds. The molecule has 5 aromatic rings. The maximum Gasteiger partial charge on any atom is 0.432 e. The van der Waals surface area contributed by atoms with Crippen molar-refractivity contribution in [1.29, 1.82) is 0 Å². The molecule has 14 heteroatoms. The van der Waals surface area contributed by atoms with Crippen LogP contribution >= 0.6 is 0 Å². The number of carbonyl (C=O) groups is 3. The number of aromatic nitrogens is 3. The number of pyridine rings is 1. The van der Waals surface area contributed by atoms with Crippen molar-refractivity contribution in [1.82, 2.24) is 19.7 Å². The van der Waals surface area contributed by atoms with E-state index in [0.29, 0.717) is 11.3 Å². The molecule has 1 unspecified atom stereocenters. The quantitative estimate of drug-likeness (QED) is 0.131. The van der Waals surface area contributed by atoms with Crippen LogP contribution in [0, 0.1) is 0 Å². The Balaban J connectivity index is 1.37. The fourth-order valence-electron chi connectivity index (χ4n) is 7.99. The third kappa shape index (κ3) is 7.80. The molecule has 2 aromatic heterocycles. The number of amides is 2. The van der Waals surface area contributed by atoms with Crippen LogP contribution in [0.1, 0.15) is 58.4 Å². The Morgan fingerprint density at radius 3 is 2.04 bits per heavy atom. The number of carboxylic acid groups (broad SMARTS) is 1. The van der Waals surface area contributed by atoms with E-state index >= 15 is 0 Å². The van der Waals surface area contributed by atoms with Crippen molar-refractivity contribution in [3.05, 3.63) is 109 Å². The van der Waals surface area contributed by atoms with Gasteiger partial charge in [0.25, 0.3) is 8.32 Å². The largest absolute Gasteiger partial charge is 0.497 e. The van der Waals surface area contributed by atoms with E-state index in [2.05, 4.69) is 60.4 Å². The number of methoxy groups -OCH3 is 1. The Morgan fingerprint density at radius 2 is 1.50 bits per heavy atom. The summed E-state index contributed by atoms with van der Waals surface area (Å²) in [6.07, 6.45) is -1.15. The molecular weight excluding hydrogens is 737 g/mol. The molecule has 3 aromatic carbocycles. The van der Waals surface area contributed by atoms with Crippen LogP contribution in [0.4, 0.5) is 19.4 Å². The van der Waals surface area contributed by atoms with Gasteiger partial charge in [-0.1, -0.05) is 93.6 Å². The zero-order valence-corrected chi connectivity index (χ0v) is 33.2. The van der Waals surface area contributed by atoms with Crippen LogP contribution in [0.5, 0.6) is 5.75 Å². The molecule has 1 atom stereocenters. The van der Waals surface area contributed by atoms with Crippen LogP contribution in [0.25, 0.3) is 11.0 Å². The van der Waals surface area contributed by atoms with Crippen molar-refractivity contribution in [2.24, 2.45) is 0 Å². The lowest BCUT2D eigenvalue weighted by atomic mass is 9.67. The summed E-state index contributed by atoms with van der Waals surface area (Å²) in [6.45, 7) is 6.51. The number of anilines is 1. The van der Waals surface area contributed by atoms with E-state index in [1.165, 1.54) is 37.4 Å². The van der Waals surface area contributed by atoms with E-state index in [0.717, 1.165) is 15.1 Å².